The van der Waals surface area contributed by atoms with Crippen LogP contribution in [0, 0.1) is 5.41 Å². The van der Waals surface area contributed by atoms with E-state index in [1.807, 2.05) is 44.2 Å². The highest BCUT2D eigenvalue weighted by Crippen LogP contribution is 2.35. The van der Waals surface area contributed by atoms with Gasteiger partial charge in [0.15, 0.2) is 0 Å². The Bertz CT molecular complexity index is 500. The van der Waals surface area contributed by atoms with Gasteiger partial charge in [0.2, 0.25) is 5.91 Å². The van der Waals surface area contributed by atoms with E-state index in [1.165, 1.54) is 0 Å². The average molecular weight is 275 g/mol. The lowest BCUT2D eigenvalue weighted by atomic mass is 9.84. The minimum atomic E-state index is -0.789. The number of benzene rings is 1. The van der Waals surface area contributed by atoms with Gasteiger partial charge in [0.1, 0.15) is 0 Å². The summed E-state index contributed by atoms with van der Waals surface area (Å²) in [5.74, 6) is -0.993. The SMILES string of the molecule is CCC1(C(=O)O)CCN(C(=O)C(C)c2ccccc2)C1. The number of carbonyl (C=O) groups excluding carboxylic acids is 1. The molecule has 1 amide bonds. The molecule has 1 aliphatic heterocycles. The summed E-state index contributed by atoms with van der Waals surface area (Å²) in [5.41, 5.74) is 0.216. The van der Waals surface area contributed by atoms with E-state index in [0.29, 0.717) is 25.9 Å². The van der Waals surface area contributed by atoms with Crippen molar-refractivity contribution >= 4 is 11.9 Å². The Morgan fingerprint density at radius 2 is 2.00 bits per heavy atom. The fourth-order valence-electron chi connectivity index (χ4n) is 2.83. The van der Waals surface area contributed by atoms with Gasteiger partial charge < -0.3 is 10.0 Å². The van der Waals surface area contributed by atoms with Crippen LogP contribution in [0.2, 0.25) is 0 Å². The van der Waals surface area contributed by atoms with Gasteiger partial charge >= 0.3 is 5.97 Å². The predicted octanol–water partition coefficient (Wildman–Crippen LogP) is 2.50. The van der Waals surface area contributed by atoms with Crippen LogP contribution in [-0.2, 0) is 9.59 Å². The van der Waals surface area contributed by atoms with Crippen LogP contribution in [0.3, 0.4) is 0 Å². The topological polar surface area (TPSA) is 57.6 Å². The third kappa shape index (κ3) is 2.55. The average Bonchev–Trinajstić information content (AvgIpc) is 2.92. The molecule has 0 saturated carbocycles. The molecule has 1 aromatic carbocycles. The van der Waals surface area contributed by atoms with Gasteiger partial charge in [-0.05, 0) is 25.3 Å². The Labute approximate surface area is 119 Å². The molecule has 1 heterocycles. The summed E-state index contributed by atoms with van der Waals surface area (Å²) in [6, 6.07) is 9.61. The number of likely N-dealkylation sites (tertiary alicyclic amines) is 1. The third-order valence-corrected chi connectivity index (χ3v) is 4.47. The van der Waals surface area contributed by atoms with Gasteiger partial charge in [-0.25, -0.2) is 0 Å². The van der Waals surface area contributed by atoms with Crippen molar-refractivity contribution in [2.45, 2.75) is 32.6 Å². The van der Waals surface area contributed by atoms with Crippen molar-refractivity contribution in [1.29, 1.82) is 0 Å². The molecule has 2 atom stereocenters. The fourth-order valence-corrected chi connectivity index (χ4v) is 2.83. The predicted molar refractivity (Wildman–Crippen MR) is 76.4 cm³/mol. The molecular formula is C16H21NO3. The maximum atomic E-state index is 12.5. The summed E-state index contributed by atoms with van der Waals surface area (Å²) in [6.45, 7) is 4.62. The number of aliphatic carboxylic acids is 1. The number of carbonyl (C=O) groups is 2. The highest BCUT2D eigenvalue weighted by molar-refractivity contribution is 5.85. The van der Waals surface area contributed by atoms with Crippen LogP contribution < -0.4 is 0 Å². The number of amides is 1. The Balaban J connectivity index is 2.10. The molecule has 2 rings (SSSR count). The normalized spacial score (nSPS) is 23.6. The van der Waals surface area contributed by atoms with Crippen LogP contribution in [0.15, 0.2) is 30.3 Å². The molecule has 2 unspecified atom stereocenters. The maximum absolute atomic E-state index is 12.5. The number of hydrogen-bond donors (Lipinski definition) is 1. The molecule has 0 aliphatic carbocycles. The van der Waals surface area contributed by atoms with Gasteiger partial charge in [0, 0.05) is 13.1 Å². The smallest absolute Gasteiger partial charge is 0.311 e. The van der Waals surface area contributed by atoms with Crippen molar-refractivity contribution < 1.29 is 14.7 Å². The highest BCUT2D eigenvalue weighted by atomic mass is 16.4. The Hall–Kier alpha value is -1.84. The van der Waals surface area contributed by atoms with E-state index in [9.17, 15) is 14.7 Å². The van der Waals surface area contributed by atoms with Crippen molar-refractivity contribution in [3.63, 3.8) is 0 Å². The second kappa shape index (κ2) is 5.65. The van der Waals surface area contributed by atoms with E-state index in [0.717, 1.165) is 5.56 Å². The zero-order valence-electron chi connectivity index (χ0n) is 12.0. The zero-order valence-corrected chi connectivity index (χ0v) is 12.0. The quantitative estimate of drug-likeness (QED) is 0.918. The van der Waals surface area contributed by atoms with E-state index in [2.05, 4.69) is 0 Å². The molecule has 1 aliphatic rings. The minimum Gasteiger partial charge on any atom is -0.481 e. The van der Waals surface area contributed by atoms with Crippen LogP contribution in [0.5, 0.6) is 0 Å². The molecule has 0 bridgehead atoms. The standard InChI is InChI=1S/C16H21NO3/c1-3-16(15(19)20)9-10-17(11-16)14(18)12(2)13-7-5-4-6-8-13/h4-8,12H,3,9-11H2,1-2H3,(H,19,20). The third-order valence-electron chi connectivity index (χ3n) is 4.47. The number of nitrogens with zero attached hydrogens (tertiary/aromatic N) is 1. The van der Waals surface area contributed by atoms with Crippen molar-refractivity contribution in [2.75, 3.05) is 13.1 Å². The molecule has 1 aromatic rings. The van der Waals surface area contributed by atoms with E-state index < -0.39 is 11.4 Å². The molecule has 1 fully saturated rings. The molecule has 4 nitrogen and oxygen atoms in total. The Morgan fingerprint density at radius 1 is 1.35 bits per heavy atom. The number of rotatable bonds is 4. The van der Waals surface area contributed by atoms with Gasteiger partial charge in [-0.3, -0.25) is 9.59 Å². The molecule has 108 valence electrons. The minimum absolute atomic E-state index is 0.0211. The second-order valence-electron chi connectivity index (χ2n) is 5.58. The lowest BCUT2D eigenvalue weighted by molar-refractivity contribution is -0.148. The summed E-state index contributed by atoms with van der Waals surface area (Å²) in [7, 11) is 0. The van der Waals surface area contributed by atoms with E-state index in [1.54, 1.807) is 4.90 Å². The van der Waals surface area contributed by atoms with Crippen LogP contribution in [0.25, 0.3) is 0 Å². The molecule has 20 heavy (non-hydrogen) atoms. The molecule has 1 saturated heterocycles. The van der Waals surface area contributed by atoms with E-state index in [-0.39, 0.29) is 11.8 Å². The van der Waals surface area contributed by atoms with Gasteiger partial charge in [0.05, 0.1) is 11.3 Å². The number of carboxylic acid groups (broad SMARTS) is 1. The lowest BCUT2D eigenvalue weighted by Gasteiger charge is -2.25. The first-order valence-corrected chi connectivity index (χ1v) is 7.07. The van der Waals surface area contributed by atoms with Crippen LogP contribution in [0.4, 0.5) is 0 Å². The summed E-state index contributed by atoms with van der Waals surface area (Å²) < 4.78 is 0. The highest BCUT2D eigenvalue weighted by Gasteiger charge is 2.45. The van der Waals surface area contributed by atoms with Crippen LogP contribution in [-0.4, -0.2) is 35.0 Å². The van der Waals surface area contributed by atoms with Gasteiger partial charge in [-0.15, -0.1) is 0 Å². The number of carboxylic acids is 1. The Morgan fingerprint density at radius 3 is 2.50 bits per heavy atom. The van der Waals surface area contributed by atoms with E-state index >= 15 is 0 Å². The van der Waals surface area contributed by atoms with Crippen LogP contribution >= 0.6 is 0 Å². The van der Waals surface area contributed by atoms with Crippen molar-refractivity contribution in [2.24, 2.45) is 5.41 Å². The summed E-state index contributed by atoms with van der Waals surface area (Å²) in [5, 5.41) is 9.38. The van der Waals surface area contributed by atoms with Crippen LogP contribution in [0.1, 0.15) is 38.2 Å². The molecule has 0 spiro atoms. The monoisotopic (exact) mass is 275 g/mol. The van der Waals surface area contributed by atoms with Gasteiger partial charge in [0.25, 0.3) is 0 Å². The Kier molecular flexibility index (Phi) is 4.12. The zero-order chi connectivity index (χ0) is 14.8. The first-order valence-electron chi connectivity index (χ1n) is 7.07. The number of hydrogen-bond acceptors (Lipinski definition) is 2. The molecule has 0 aromatic heterocycles. The summed E-state index contributed by atoms with van der Waals surface area (Å²) >= 11 is 0. The second-order valence-corrected chi connectivity index (χ2v) is 5.58. The van der Waals surface area contributed by atoms with Gasteiger partial charge in [-0.2, -0.15) is 0 Å². The van der Waals surface area contributed by atoms with Crippen molar-refractivity contribution in [3.05, 3.63) is 35.9 Å². The largest absolute Gasteiger partial charge is 0.481 e. The fraction of sp³-hybridized carbons (Fsp3) is 0.500. The van der Waals surface area contributed by atoms with Crippen molar-refractivity contribution in [1.82, 2.24) is 4.90 Å². The molecule has 1 N–H and O–H groups in total. The summed E-state index contributed by atoms with van der Waals surface area (Å²) in [4.78, 5) is 25.6. The summed E-state index contributed by atoms with van der Waals surface area (Å²) in [6.07, 6.45) is 1.11. The molecule has 0 radical (unpaired) electrons. The first-order chi connectivity index (χ1) is 9.50. The van der Waals surface area contributed by atoms with Gasteiger partial charge in [-0.1, -0.05) is 37.3 Å². The lowest BCUT2D eigenvalue weighted by Crippen LogP contribution is -2.38. The van der Waals surface area contributed by atoms with E-state index in [4.69, 9.17) is 0 Å². The first kappa shape index (κ1) is 14.6. The molecule has 4 heteroatoms. The maximum Gasteiger partial charge on any atom is 0.311 e. The molecular weight excluding hydrogens is 254 g/mol. The van der Waals surface area contributed by atoms with Crippen molar-refractivity contribution in [3.8, 4) is 0 Å².